The molecule has 3 aliphatic rings. The molecule has 10 heteroatoms. The number of benzene rings is 1. The second-order valence-electron chi connectivity index (χ2n) is 9.27. The number of carbonyl (C=O) groups excluding carboxylic acids is 2. The average molecular weight is 482 g/mol. The molecule has 5 rings (SSSR count). The van der Waals surface area contributed by atoms with Gasteiger partial charge in [-0.3, -0.25) is 14.5 Å². The largest absolute Gasteiger partial charge is 0.358 e. The van der Waals surface area contributed by atoms with Crippen LogP contribution in [0, 0.1) is 0 Å². The van der Waals surface area contributed by atoms with Crippen molar-refractivity contribution in [2.45, 2.75) is 50.2 Å². The standard InChI is InChI=1S/C24H31N7O2S/c32-22(29-11-1-2-12-29)9-8-20-15-25-23(33)21-14-18(16-30(20)21)28-24(34)27-17-4-6-19(7-5-17)31-13-3-10-26-31/h3-7,10,13,18,20-21H,1-2,8-9,11-12,14-16H2,(H,25,33)(H2,27,28,34)/t18-,20-,21+/m1/s1. The third-order valence-electron chi connectivity index (χ3n) is 7.00. The summed E-state index contributed by atoms with van der Waals surface area (Å²) in [5, 5.41) is 14.4. The van der Waals surface area contributed by atoms with Crippen molar-refractivity contribution < 1.29 is 9.59 Å². The summed E-state index contributed by atoms with van der Waals surface area (Å²) in [5.74, 6) is 0.309. The Kier molecular flexibility index (Phi) is 6.77. The fourth-order valence-corrected chi connectivity index (χ4v) is 5.52. The molecule has 0 saturated carbocycles. The Labute approximate surface area is 204 Å². The molecule has 9 nitrogen and oxygen atoms in total. The fraction of sp³-hybridized carbons (Fsp3) is 0.500. The van der Waals surface area contributed by atoms with Crippen molar-refractivity contribution in [1.29, 1.82) is 0 Å². The first kappa shape index (κ1) is 22.8. The molecule has 3 saturated heterocycles. The molecule has 2 aromatic rings. The predicted molar refractivity (Wildman–Crippen MR) is 134 cm³/mol. The molecule has 0 unspecified atom stereocenters. The van der Waals surface area contributed by atoms with E-state index in [-0.39, 0.29) is 29.9 Å². The van der Waals surface area contributed by atoms with Crippen LogP contribution in [-0.2, 0) is 9.59 Å². The summed E-state index contributed by atoms with van der Waals surface area (Å²) < 4.78 is 1.80. The SMILES string of the molecule is O=C1NC[C@@H](CCC(=O)N2CCCC2)N2C[C@H](NC(=S)Nc3ccc(-n4cccn4)cc3)C[C@@H]12. The second-order valence-corrected chi connectivity index (χ2v) is 9.67. The quantitative estimate of drug-likeness (QED) is 0.539. The Hall–Kier alpha value is -2.98. The first-order valence-electron chi connectivity index (χ1n) is 12.1. The second kappa shape index (κ2) is 10.1. The number of amides is 2. The summed E-state index contributed by atoms with van der Waals surface area (Å²) in [4.78, 5) is 29.2. The van der Waals surface area contributed by atoms with E-state index < -0.39 is 0 Å². The van der Waals surface area contributed by atoms with E-state index in [9.17, 15) is 9.59 Å². The molecule has 3 aliphatic heterocycles. The van der Waals surface area contributed by atoms with Crippen molar-refractivity contribution in [3.63, 3.8) is 0 Å². The maximum Gasteiger partial charge on any atom is 0.237 e. The molecule has 0 aliphatic carbocycles. The van der Waals surface area contributed by atoms with Gasteiger partial charge < -0.3 is 20.9 Å². The van der Waals surface area contributed by atoms with Gasteiger partial charge in [0.25, 0.3) is 0 Å². The Morgan fingerprint density at radius 3 is 2.74 bits per heavy atom. The first-order chi connectivity index (χ1) is 16.6. The van der Waals surface area contributed by atoms with Gasteiger partial charge in [-0.15, -0.1) is 0 Å². The lowest BCUT2D eigenvalue weighted by Crippen LogP contribution is -2.58. The monoisotopic (exact) mass is 481 g/mol. The van der Waals surface area contributed by atoms with Gasteiger partial charge in [0.15, 0.2) is 5.11 Å². The van der Waals surface area contributed by atoms with Gasteiger partial charge in [-0.1, -0.05) is 0 Å². The van der Waals surface area contributed by atoms with E-state index in [0.717, 1.165) is 50.3 Å². The fourth-order valence-electron chi connectivity index (χ4n) is 5.23. The number of thiocarbonyl (C=S) groups is 1. The van der Waals surface area contributed by atoms with E-state index in [0.29, 0.717) is 24.5 Å². The zero-order valence-electron chi connectivity index (χ0n) is 19.2. The van der Waals surface area contributed by atoms with Crippen LogP contribution in [0.15, 0.2) is 42.7 Å². The summed E-state index contributed by atoms with van der Waals surface area (Å²) in [6, 6.07) is 9.85. The molecule has 0 bridgehead atoms. The third kappa shape index (κ3) is 5.07. The van der Waals surface area contributed by atoms with Crippen LogP contribution in [0.1, 0.15) is 32.1 Å². The maximum absolute atomic E-state index is 12.5. The Balaban J connectivity index is 1.13. The number of rotatable bonds is 6. The normalized spacial score (nSPS) is 24.5. The van der Waals surface area contributed by atoms with Crippen LogP contribution in [0.5, 0.6) is 0 Å². The number of fused-ring (bicyclic) bond motifs is 1. The minimum absolute atomic E-state index is 0.0690. The molecule has 3 fully saturated rings. The van der Waals surface area contributed by atoms with Crippen molar-refractivity contribution in [2.24, 2.45) is 0 Å². The number of nitrogens with one attached hydrogen (secondary N) is 3. The van der Waals surface area contributed by atoms with E-state index in [1.165, 1.54) is 0 Å². The van der Waals surface area contributed by atoms with E-state index >= 15 is 0 Å². The molecule has 1 aromatic heterocycles. The molecule has 34 heavy (non-hydrogen) atoms. The molecular formula is C24H31N7O2S. The van der Waals surface area contributed by atoms with Crippen molar-refractivity contribution >= 4 is 34.8 Å². The molecular weight excluding hydrogens is 450 g/mol. The van der Waals surface area contributed by atoms with Crippen molar-refractivity contribution in [2.75, 3.05) is 31.5 Å². The molecule has 2 amide bonds. The highest BCUT2D eigenvalue weighted by atomic mass is 32.1. The van der Waals surface area contributed by atoms with Crippen LogP contribution in [0.25, 0.3) is 5.69 Å². The number of piperazine rings is 1. The summed E-state index contributed by atoms with van der Waals surface area (Å²) in [6.07, 6.45) is 7.86. The van der Waals surface area contributed by atoms with Gasteiger partial charge in [-0.25, -0.2) is 4.68 Å². The lowest BCUT2D eigenvalue weighted by molar-refractivity contribution is -0.131. The Morgan fingerprint density at radius 2 is 2.00 bits per heavy atom. The summed E-state index contributed by atoms with van der Waals surface area (Å²) in [6.45, 7) is 3.10. The van der Waals surface area contributed by atoms with Gasteiger partial charge >= 0.3 is 0 Å². The number of hydrogen-bond acceptors (Lipinski definition) is 5. The topological polar surface area (TPSA) is 94.5 Å². The van der Waals surface area contributed by atoms with Gasteiger partial charge in [0.1, 0.15) is 0 Å². The maximum atomic E-state index is 12.5. The number of carbonyl (C=O) groups is 2. The van der Waals surface area contributed by atoms with Crippen LogP contribution in [-0.4, -0.2) is 80.8 Å². The summed E-state index contributed by atoms with van der Waals surface area (Å²) >= 11 is 5.55. The molecule has 0 spiro atoms. The van der Waals surface area contributed by atoms with Crippen molar-refractivity contribution in [1.82, 2.24) is 30.2 Å². The highest BCUT2D eigenvalue weighted by Gasteiger charge is 2.43. The number of hydrogen-bond donors (Lipinski definition) is 3. The van der Waals surface area contributed by atoms with Gasteiger partial charge in [-0.05, 0) is 68.2 Å². The van der Waals surface area contributed by atoms with Crippen LogP contribution < -0.4 is 16.0 Å². The molecule has 1 aromatic carbocycles. The molecule has 3 N–H and O–H groups in total. The van der Waals surface area contributed by atoms with Crippen LogP contribution in [0.2, 0.25) is 0 Å². The van der Waals surface area contributed by atoms with Crippen molar-refractivity contribution in [3.05, 3.63) is 42.7 Å². The van der Waals surface area contributed by atoms with Crippen LogP contribution >= 0.6 is 12.2 Å². The molecule has 180 valence electrons. The number of likely N-dealkylation sites (tertiary alicyclic amines) is 1. The van der Waals surface area contributed by atoms with Gasteiger partial charge in [0.2, 0.25) is 11.8 Å². The van der Waals surface area contributed by atoms with Crippen LogP contribution in [0.4, 0.5) is 5.69 Å². The van der Waals surface area contributed by atoms with Gasteiger partial charge in [-0.2, -0.15) is 5.10 Å². The zero-order chi connectivity index (χ0) is 23.5. The minimum atomic E-state index is -0.172. The number of anilines is 1. The predicted octanol–water partition coefficient (Wildman–Crippen LogP) is 1.50. The summed E-state index contributed by atoms with van der Waals surface area (Å²) in [7, 11) is 0. The molecule has 4 heterocycles. The van der Waals surface area contributed by atoms with E-state index in [4.69, 9.17) is 12.2 Å². The average Bonchev–Trinajstić information content (AvgIpc) is 3.61. The number of nitrogens with zero attached hydrogens (tertiary/aromatic N) is 4. The molecule has 3 atom stereocenters. The zero-order valence-corrected chi connectivity index (χ0v) is 20.0. The third-order valence-corrected chi connectivity index (χ3v) is 7.22. The number of aromatic nitrogens is 2. The minimum Gasteiger partial charge on any atom is -0.358 e. The first-order valence-corrected chi connectivity index (χ1v) is 12.5. The van der Waals surface area contributed by atoms with Crippen molar-refractivity contribution in [3.8, 4) is 5.69 Å². The van der Waals surface area contributed by atoms with E-state index in [2.05, 4.69) is 25.9 Å². The Bertz CT molecular complexity index is 1020. The molecule has 0 radical (unpaired) electrons. The lowest BCUT2D eigenvalue weighted by Gasteiger charge is -2.37. The highest BCUT2D eigenvalue weighted by Crippen LogP contribution is 2.26. The van der Waals surface area contributed by atoms with E-state index in [1.54, 1.807) is 10.9 Å². The van der Waals surface area contributed by atoms with E-state index in [1.807, 2.05) is 41.4 Å². The smallest absolute Gasteiger partial charge is 0.237 e. The van der Waals surface area contributed by atoms with Gasteiger partial charge in [0.05, 0.1) is 11.7 Å². The Morgan fingerprint density at radius 1 is 1.21 bits per heavy atom. The van der Waals surface area contributed by atoms with Gasteiger partial charge in [0, 0.05) is 62.8 Å². The van der Waals surface area contributed by atoms with Crippen LogP contribution in [0.3, 0.4) is 0 Å². The highest BCUT2D eigenvalue weighted by molar-refractivity contribution is 7.80. The summed E-state index contributed by atoms with van der Waals surface area (Å²) in [5.41, 5.74) is 1.86. The lowest BCUT2D eigenvalue weighted by atomic mass is 10.0.